The predicted molar refractivity (Wildman–Crippen MR) is 73.0 cm³/mol. The SMILES string of the molecule is Clc1ccc(Cl)c(NCCc2ccsc2)c1. The van der Waals surface area contributed by atoms with E-state index in [2.05, 4.69) is 22.1 Å². The molecule has 1 N–H and O–H groups in total. The van der Waals surface area contributed by atoms with E-state index >= 15 is 0 Å². The van der Waals surface area contributed by atoms with Crippen molar-refractivity contribution >= 4 is 40.2 Å². The summed E-state index contributed by atoms with van der Waals surface area (Å²) in [7, 11) is 0. The van der Waals surface area contributed by atoms with Gasteiger partial charge in [0, 0.05) is 11.6 Å². The molecule has 0 saturated heterocycles. The largest absolute Gasteiger partial charge is 0.383 e. The Labute approximate surface area is 109 Å². The third kappa shape index (κ3) is 3.14. The van der Waals surface area contributed by atoms with Gasteiger partial charge in [0.1, 0.15) is 0 Å². The van der Waals surface area contributed by atoms with Crippen LogP contribution in [0.4, 0.5) is 5.69 Å². The molecule has 0 spiro atoms. The summed E-state index contributed by atoms with van der Waals surface area (Å²) in [6.45, 7) is 0.858. The zero-order valence-corrected chi connectivity index (χ0v) is 10.9. The summed E-state index contributed by atoms with van der Waals surface area (Å²) in [5, 5.41) is 8.92. The molecule has 1 aromatic heterocycles. The van der Waals surface area contributed by atoms with Crippen LogP contribution in [-0.4, -0.2) is 6.54 Å². The van der Waals surface area contributed by atoms with Gasteiger partial charge < -0.3 is 5.32 Å². The Morgan fingerprint density at radius 3 is 2.81 bits per heavy atom. The van der Waals surface area contributed by atoms with E-state index < -0.39 is 0 Å². The molecule has 0 aliphatic carbocycles. The standard InChI is InChI=1S/C12H11Cl2NS/c13-10-1-2-11(14)12(7-10)15-5-3-9-4-6-16-8-9/h1-2,4,6-8,15H,3,5H2. The van der Waals surface area contributed by atoms with Crippen LogP contribution in [0.5, 0.6) is 0 Å². The number of benzene rings is 1. The molecule has 4 heteroatoms. The summed E-state index contributed by atoms with van der Waals surface area (Å²) in [5.74, 6) is 0. The van der Waals surface area contributed by atoms with E-state index in [4.69, 9.17) is 23.2 Å². The lowest BCUT2D eigenvalue weighted by Crippen LogP contribution is -2.04. The van der Waals surface area contributed by atoms with Crippen LogP contribution in [0.25, 0.3) is 0 Å². The van der Waals surface area contributed by atoms with Crippen molar-refractivity contribution in [3.05, 3.63) is 50.6 Å². The highest BCUT2D eigenvalue weighted by Gasteiger charge is 2.00. The number of thiophene rings is 1. The summed E-state index contributed by atoms with van der Waals surface area (Å²) in [5.41, 5.74) is 2.24. The van der Waals surface area contributed by atoms with Crippen LogP contribution in [0.2, 0.25) is 10.0 Å². The fourth-order valence-corrected chi connectivity index (χ4v) is 2.47. The first-order valence-electron chi connectivity index (χ1n) is 4.96. The highest BCUT2D eigenvalue weighted by molar-refractivity contribution is 7.07. The maximum Gasteiger partial charge on any atom is 0.0638 e. The van der Waals surface area contributed by atoms with Crippen LogP contribution >= 0.6 is 34.5 Å². The molecule has 0 unspecified atom stereocenters. The Bertz CT molecular complexity index is 454. The molecule has 1 nitrogen and oxygen atoms in total. The maximum atomic E-state index is 6.04. The van der Waals surface area contributed by atoms with E-state index in [0.717, 1.165) is 18.7 Å². The minimum Gasteiger partial charge on any atom is -0.383 e. The summed E-state index contributed by atoms with van der Waals surface area (Å²) in [4.78, 5) is 0. The van der Waals surface area contributed by atoms with Gasteiger partial charge in [-0.3, -0.25) is 0 Å². The first kappa shape index (κ1) is 11.8. The van der Waals surface area contributed by atoms with E-state index in [9.17, 15) is 0 Å². The number of nitrogens with one attached hydrogen (secondary N) is 1. The third-order valence-electron chi connectivity index (χ3n) is 2.24. The Morgan fingerprint density at radius 1 is 1.19 bits per heavy atom. The summed E-state index contributed by atoms with van der Waals surface area (Å²) in [6, 6.07) is 7.56. The van der Waals surface area contributed by atoms with Gasteiger partial charge >= 0.3 is 0 Å². The van der Waals surface area contributed by atoms with Gasteiger partial charge in [-0.25, -0.2) is 0 Å². The van der Waals surface area contributed by atoms with E-state index in [1.807, 2.05) is 6.07 Å². The molecule has 0 aliphatic heterocycles. The smallest absolute Gasteiger partial charge is 0.0638 e. The lowest BCUT2D eigenvalue weighted by molar-refractivity contribution is 1.03. The predicted octanol–water partition coefficient (Wildman–Crippen LogP) is 4.71. The molecular weight excluding hydrogens is 261 g/mol. The van der Waals surface area contributed by atoms with E-state index in [1.165, 1.54) is 5.56 Å². The molecule has 2 aromatic rings. The van der Waals surface area contributed by atoms with Crippen LogP contribution in [0.1, 0.15) is 5.56 Å². The Morgan fingerprint density at radius 2 is 2.06 bits per heavy atom. The molecule has 84 valence electrons. The summed E-state index contributed by atoms with van der Waals surface area (Å²) < 4.78 is 0. The fourth-order valence-electron chi connectivity index (χ4n) is 1.41. The molecule has 0 amide bonds. The van der Waals surface area contributed by atoms with Gasteiger partial charge in [-0.05, 0) is 47.0 Å². The molecule has 0 aliphatic rings. The lowest BCUT2D eigenvalue weighted by atomic mass is 10.2. The molecule has 0 fully saturated rings. The first-order valence-corrected chi connectivity index (χ1v) is 6.65. The highest BCUT2D eigenvalue weighted by atomic mass is 35.5. The number of hydrogen-bond acceptors (Lipinski definition) is 2. The summed E-state index contributed by atoms with van der Waals surface area (Å²) in [6.07, 6.45) is 0.992. The average Bonchev–Trinajstić information content (AvgIpc) is 2.76. The average molecular weight is 272 g/mol. The normalized spacial score (nSPS) is 10.4. The number of rotatable bonds is 4. The van der Waals surface area contributed by atoms with Crippen LogP contribution < -0.4 is 5.32 Å². The second kappa shape index (κ2) is 5.58. The van der Waals surface area contributed by atoms with Gasteiger partial charge in [0.05, 0.1) is 10.7 Å². The van der Waals surface area contributed by atoms with E-state index in [-0.39, 0.29) is 0 Å². The van der Waals surface area contributed by atoms with Gasteiger partial charge in [0.15, 0.2) is 0 Å². The van der Waals surface area contributed by atoms with Gasteiger partial charge in [0.25, 0.3) is 0 Å². The van der Waals surface area contributed by atoms with Crippen molar-refractivity contribution in [1.29, 1.82) is 0 Å². The zero-order chi connectivity index (χ0) is 11.4. The molecule has 0 atom stereocenters. The van der Waals surface area contributed by atoms with Gasteiger partial charge in [-0.2, -0.15) is 11.3 Å². The Hall–Kier alpha value is -0.700. The molecule has 0 saturated carbocycles. The van der Waals surface area contributed by atoms with Crippen molar-refractivity contribution in [3.8, 4) is 0 Å². The molecule has 16 heavy (non-hydrogen) atoms. The van der Waals surface area contributed by atoms with E-state index in [0.29, 0.717) is 10.0 Å². The number of halogens is 2. The van der Waals surface area contributed by atoms with Crippen LogP contribution in [-0.2, 0) is 6.42 Å². The van der Waals surface area contributed by atoms with Crippen molar-refractivity contribution in [2.75, 3.05) is 11.9 Å². The van der Waals surface area contributed by atoms with Crippen LogP contribution in [0.3, 0.4) is 0 Å². The first-order chi connectivity index (χ1) is 7.75. The molecule has 0 radical (unpaired) electrons. The van der Waals surface area contributed by atoms with Crippen LogP contribution in [0, 0.1) is 0 Å². The fraction of sp³-hybridized carbons (Fsp3) is 0.167. The third-order valence-corrected chi connectivity index (χ3v) is 3.53. The Balaban J connectivity index is 1.92. The topological polar surface area (TPSA) is 12.0 Å². The second-order valence-corrected chi connectivity index (χ2v) is 5.06. The van der Waals surface area contributed by atoms with Gasteiger partial charge in [0.2, 0.25) is 0 Å². The van der Waals surface area contributed by atoms with Gasteiger partial charge in [-0.1, -0.05) is 23.2 Å². The van der Waals surface area contributed by atoms with Crippen molar-refractivity contribution in [3.63, 3.8) is 0 Å². The maximum absolute atomic E-state index is 6.04. The molecule has 1 aromatic carbocycles. The second-order valence-electron chi connectivity index (χ2n) is 3.43. The summed E-state index contributed by atoms with van der Waals surface area (Å²) >= 11 is 13.7. The quantitative estimate of drug-likeness (QED) is 0.849. The zero-order valence-electron chi connectivity index (χ0n) is 8.54. The minimum absolute atomic E-state index is 0.697. The molecule has 2 rings (SSSR count). The Kier molecular flexibility index (Phi) is 4.10. The van der Waals surface area contributed by atoms with Crippen molar-refractivity contribution < 1.29 is 0 Å². The monoisotopic (exact) mass is 271 g/mol. The van der Waals surface area contributed by atoms with Crippen molar-refractivity contribution in [1.82, 2.24) is 0 Å². The highest BCUT2D eigenvalue weighted by Crippen LogP contribution is 2.25. The van der Waals surface area contributed by atoms with Crippen LogP contribution in [0.15, 0.2) is 35.0 Å². The van der Waals surface area contributed by atoms with Crippen molar-refractivity contribution in [2.24, 2.45) is 0 Å². The minimum atomic E-state index is 0.697. The molecule has 1 heterocycles. The molecular formula is C12H11Cl2NS. The van der Waals surface area contributed by atoms with Gasteiger partial charge in [-0.15, -0.1) is 0 Å². The lowest BCUT2D eigenvalue weighted by Gasteiger charge is -2.07. The number of anilines is 1. The number of hydrogen-bond donors (Lipinski definition) is 1. The van der Waals surface area contributed by atoms with E-state index in [1.54, 1.807) is 23.5 Å². The van der Waals surface area contributed by atoms with Crippen molar-refractivity contribution in [2.45, 2.75) is 6.42 Å². The molecule has 0 bridgehead atoms.